The molecule has 3 atom stereocenters. The Balaban J connectivity index is 1.61. The van der Waals surface area contributed by atoms with Gasteiger partial charge in [0.05, 0.1) is 6.07 Å². The molecule has 1 N–H and O–H groups in total. The van der Waals surface area contributed by atoms with Crippen LogP contribution in [0.1, 0.15) is 44.3 Å². The number of carbonyl (C=O) groups is 1. The molecule has 0 radical (unpaired) electrons. The van der Waals surface area contributed by atoms with Gasteiger partial charge in [-0.1, -0.05) is 31.0 Å². The molecular formula is C29H31FN4O3S. The third kappa shape index (κ3) is 5.51. The van der Waals surface area contributed by atoms with Crippen molar-refractivity contribution in [3.63, 3.8) is 0 Å². The summed E-state index contributed by atoms with van der Waals surface area (Å²) in [6, 6.07) is 15.5. The fraction of sp³-hybridized carbons (Fsp3) is 0.414. The maximum absolute atomic E-state index is 13.7. The zero-order valence-corrected chi connectivity index (χ0v) is 22.2. The summed E-state index contributed by atoms with van der Waals surface area (Å²) in [6.07, 6.45) is 3.33. The third-order valence-electron chi connectivity index (χ3n) is 7.41. The van der Waals surface area contributed by atoms with Gasteiger partial charge in [-0.25, -0.2) is 9.37 Å². The maximum Gasteiger partial charge on any atom is 0.226 e. The van der Waals surface area contributed by atoms with Crippen molar-refractivity contribution in [3.05, 3.63) is 60.1 Å². The standard InChI is InChI=1S/C29H31FN4O3S/c1-19(18-31)32-28(35)23-7-3-2-6-22(23)27-26(33-29(37-27)20-10-12-21(30)13-11-20)24-8-4-5-9-25(24)34-14-16-38(36)17-15-34/h4-5,8-13,19,22-23H,2-3,6-7,14-17H2,1H3,(H,32,35)/t19-,22+,23+/m0/s1. The average Bonchev–Trinajstić information content (AvgIpc) is 3.39. The van der Waals surface area contributed by atoms with Crippen LogP contribution in [0.2, 0.25) is 0 Å². The lowest BCUT2D eigenvalue weighted by Crippen LogP contribution is -2.40. The SMILES string of the molecule is C[C@@H](C#N)NC(=O)[C@@H]1CCCC[C@H]1c1oc(-c2ccc(F)cc2)nc1-c1ccccc1N1CCS(=O)CC1. The van der Waals surface area contributed by atoms with Gasteiger partial charge in [0.25, 0.3) is 0 Å². The molecule has 0 unspecified atom stereocenters. The number of rotatable bonds is 6. The van der Waals surface area contributed by atoms with Crippen molar-refractivity contribution >= 4 is 22.4 Å². The molecule has 198 valence electrons. The molecule has 3 aromatic rings. The van der Waals surface area contributed by atoms with Crippen molar-refractivity contribution in [3.8, 4) is 28.8 Å². The monoisotopic (exact) mass is 534 g/mol. The van der Waals surface area contributed by atoms with E-state index in [1.165, 1.54) is 12.1 Å². The van der Waals surface area contributed by atoms with Crippen LogP contribution >= 0.6 is 0 Å². The van der Waals surface area contributed by atoms with Crippen LogP contribution in [0.3, 0.4) is 0 Å². The number of anilines is 1. The first-order valence-corrected chi connectivity index (χ1v) is 14.6. The van der Waals surface area contributed by atoms with E-state index in [1.807, 2.05) is 24.3 Å². The molecule has 0 spiro atoms. The molecule has 9 heteroatoms. The maximum atomic E-state index is 13.7. The number of para-hydroxylation sites is 1. The van der Waals surface area contributed by atoms with Gasteiger partial charge in [0.1, 0.15) is 23.3 Å². The van der Waals surface area contributed by atoms with Crippen LogP contribution in [0.5, 0.6) is 0 Å². The van der Waals surface area contributed by atoms with E-state index in [9.17, 15) is 18.7 Å². The lowest BCUT2D eigenvalue weighted by atomic mass is 9.76. The Morgan fingerprint density at radius 2 is 1.87 bits per heavy atom. The molecular weight excluding hydrogens is 503 g/mol. The van der Waals surface area contributed by atoms with E-state index in [1.54, 1.807) is 19.1 Å². The Kier molecular flexibility index (Phi) is 7.89. The third-order valence-corrected chi connectivity index (χ3v) is 8.69. The topological polar surface area (TPSA) is 99.2 Å². The number of aromatic nitrogens is 1. The van der Waals surface area contributed by atoms with Crippen LogP contribution in [0.25, 0.3) is 22.7 Å². The van der Waals surface area contributed by atoms with Gasteiger partial charge in [-0.05, 0) is 50.1 Å². The van der Waals surface area contributed by atoms with E-state index in [2.05, 4.69) is 16.3 Å². The summed E-state index contributed by atoms with van der Waals surface area (Å²) in [5.74, 6) is 1.18. The van der Waals surface area contributed by atoms with Gasteiger partial charge in [0.15, 0.2) is 0 Å². The van der Waals surface area contributed by atoms with E-state index < -0.39 is 16.8 Å². The summed E-state index contributed by atoms with van der Waals surface area (Å²) in [5.41, 5.74) is 3.20. The highest BCUT2D eigenvalue weighted by Gasteiger charge is 2.38. The molecule has 1 amide bonds. The molecule has 2 fully saturated rings. The molecule has 2 aliphatic rings. The van der Waals surface area contributed by atoms with Crippen molar-refractivity contribution in [1.29, 1.82) is 5.26 Å². The second-order valence-corrected chi connectivity index (χ2v) is 11.6. The smallest absolute Gasteiger partial charge is 0.226 e. The van der Waals surface area contributed by atoms with Gasteiger partial charge < -0.3 is 14.6 Å². The van der Waals surface area contributed by atoms with Crippen molar-refractivity contribution in [2.24, 2.45) is 5.92 Å². The minimum absolute atomic E-state index is 0.152. The van der Waals surface area contributed by atoms with Crippen LogP contribution in [-0.2, 0) is 15.6 Å². The van der Waals surface area contributed by atoms with Crippen molar-refractivity contribution in [2.45, 2.75) is 44.6 Å². The number of carbonyl (C=O) groups excluding carboxylic acids is 1. The molecule has 1 saturated carbocycles. The molecule has 7 nitrogen and oxygen atoms in total. The molecule has 38 heavy (non-hydrogen) atoms. The number of halogens is 1. The normalized spacial score (nSPS) is 21.0. The zero-order chi connectivity index (χ0) is 26.6. The molecule has 2 heterocycles. The van der Waals surface area contributed by atoms with Gasteiger partial charge in [0.2, 0.25) is 11.8 Å². The van der Waals surface area contributed by atoms with Gasteiger partial charge in [-0.3, -0.25) is 9.00 Å². The Morgan fingerprint density at radius 1 is 1.16 bits per heavy atom. The Hall–Kier alpha value is -3.51. The first-order chi connectivity index (χ1) is 18.4. The van der Waals surface area contributed by atoms with Crippen molar-refractivity contribution in [2.75, 3.05) is 29.5 Å². The first kappa shape index (κ1) is 26.1. The number of benzene rings is 2. The molecule has 1 aliphatic heterocycles. The Morgan fingerprint density at radius 3 is 2.61 bits per heavy atom. The fourth-order valence-corrected chi connectivity index (χ4v) is 6.48. The van der Waals surface area contributed by atoms with Crippen LogP contribution in [0.4, 0.5) is 10.1 Å². The molecule has 5 rings (SSSR count). The van der Waals surface area contributed by atoms with Crippen molar-refractivity contribution in [1.82, 2.24) is 10.3 Å². The van der Waals surface area contributed by atoms with E-state index >= 15 is 0 Å². The highest BCUT2D eigenvalue weighted by molar-refractivity contribution is 7.85. The van der Waals surface area contributed by atoms with Gasteiger partial charge in [-0.2, -0.15) is 5.26 Å². The number of hydrogen-bond donors (Lipinski definition) is 1. The lowest BCUT2D eigenvalue weighted by Gasteiger charge is -2.31. The second kappa shape index (κ2) is 11.5. The largest absolute Gasteiger partial charge is 0.440 e. The number of hydrogen-bond acceptors (Lipinski definition) is 6. The summed E-state index contributed by atoms with van der Waals surface area (Å²) < 4.78 is 32.1. The van der Waals surface area contributed by atoms with Crippen molar-refractivity contribution < 1.29 is 17.8 Å². The predicted molar refractivity (Wildman–Crippen MR) is 145 cm³/mol. The van der Waals surface area contributed by atoms with Gasteiger partial charge in [-0.15, -0.1) is 0 Å². The Labute approximate surface area is 224 Å². The van der Waals surface area contributed by atoms with Crippen LogP contribution in [0, 0.1) is 23.1 Å². The summed E-state index contributed by atoms with van der Waals surface area (Å²) in [6.45, 7) is 3.04. The predicted octanol–water partition coefficient (Wildman–Crippen LogP) is 5.02. The van der Waals surface area contributed by atoms with Gasteiger partial charge >= 0.3 is 0 Å². The van der Waals surface area contributed by atoms with Crippen LogP contribution < -0.4 is 10.2 Å². The van der Waals surface area contributed by atoms with E-state index in [4.69, 9.17) is 9.40 Å². The zero-order valence-electron chi connectivity index (χ0n) is 21.4. The number of nitrogens with one attached hydrogen (secondary N) is 1. The molecule has 1 saturated heterocycles. The highest BCUT2D eigenvalue weighted by atomic mass is 32.2. The summed E-state index contributed by atoms with van der Waals surface area (Å²) >= 11 is 0. The Bertz CT molecular complexity index is 1360. The number of nitriles is 1. The second-order valence-electron chi connectivity index (χ2n) is 9.95. The summed E-state index contributed by atoms with van der Waals surface area (Å²) in [4.78, 5) is 20.4. The molecule has 0 bridgehead atoms. The van der Waals surface area contributed by atoms with E-state index in [0.717, 1.165) is 30.5 Å². The van der Waals surface area contributed by atoms with E-state index in [-0.39, 0.29) is 23.6 Å². The average molecular weight is 535 g/mol. The van der Waals surface area contributed by atoms with Crippen LogP contribution in [-0.4, -0.2) is 45.7 Å². The van der Waals surface area contributed by atoms with Crippen LogP contribution in [0.15, 0.2) is 52.9 Å². The van der Waals surface area contributed by atoms with E-state index in [0.29, 0.717) is 53.9 Å². The first-order valence-electron chi connectivity index (χ1n) is 13.1. The number of nitrogens with zero attached hydrogens (tertiary/aromatic N) is 3. The van der Waals surface area contributed by atoms with Gasteiger partial charge in [0, 0.05) is 64.0 Å². The minimum atomic E-state index is -0.807. The molecule has 1 aromatic heterocycles. The molecule has 1 aliphatic carbocycles. The summed E-state index contributed by atoms with van der Waals surface area (Å²) in [5, 5.41) is 12.1. The number of oxazole rings is 1. The fourth-order valence-electron chi connectivity index (χ4n) is 5.43. The minimum Gasteiger partial charge on any atom is -0.440 e. The quantitative estimate of drug-likeness (QED) is 0.477. The lowest BCUT2D eigenvalue weighted by molar-refractivity contribution is -0.127. The summed E-state index contributed by atoms with van der Waals surface area (Å²) in [7, 11) is -0.807. The highest BCUT2D eigenvalue weighted by Crippen LogP contribution is 2.45. The molecule has 2 aromatic carbocycles. The number of amides is 1.